The van der Waals surface area contributed by atoms with Crippen LogP contribution in [-0.4, -0.2) is 80.9 Å². The number of carbonyl (C=O) groups is 1. The largest absolute Gasteiger partial charge is 0.374 e. The molecule has 1 saturated carbocycles. The maximum atomic E-state index is 12.0. The zero-order valence-corrected chi connectivity index (χ0v) is 17.1. The highest BCUT2D eigenvalue weighted by Gasteiger charge is 2.21. The van der Waals surface area contributed by atoms with E-state index in [1.807, 2.05) is 0 Å². The molecule has 1 aliphatic heterocycles. The van der Waals surface area contributed by atoms with Crippen molar-refractivity contribution in [3.8, 4) is 0 Å². The number of nitrogens with zero attached hydrogens (tertiary/aromatic N) is 2. The number of carbonyl (C=O) groups excluding carboxylic acids is 1. The van der Waals surface area contributed by atoms with Crippen molar-refractivity contribution in [2.45, 2.75) is 64.5 Å². The van der Waals surface area contributed by atoms with E-state index < -0.39 is 0 Å². The molecule has 6 nitrogen and oxygen atoms in total. The van der Waals surface area contributed by atoms with Crippen LogP contribution in [0.2, 0.25) is 0 Å². The second-order valence-electron chi connectivity index (χ2n) is 8.41. The number of rotatable bonds is 9. The zero-order chi connectivity index (χ0) is 18.8. The van der Waals surface area contributed by atoms with Gasteiger partial charge in [0.05, 0.1) is 12.7 Å². The van der Waals surface area contributed by atoms with E-state index in [0.29, 0.717) is 12.5 Å². The number of urea groups is 1. The van der Waals surface area contributed by atoms with Crippen LogP contribution in [0.25, 0.3) is 0 Å². The van der Waals surface area contributed by atoms with Crippen LogP contribution in [0.4, 0.5) is 4.79 Å². The van der Waals surface area contributed by atoms with Gasteiger partial charge in [0.15, 0.2) is 0 Å². The smallest absolute Gasteiger partial charge is 0.314 e. The van der Waals surface area contributed by atoms with Crippen LogP contribution in [0.3, 0.4) is 0 Å². The van der Waals surface area contributed by atoms with Gasteiger partial charge in [-0.1, -0.05) is 33.1 Å². The molecule has 0 aromatic carbocycles. The minimum Gasteiger partial charge on any atom is -0.374 e. The van der Waals surface area contributed by atoms with Gasteiger partial charge >= 0.3 is 6.03 Å². The lowest BCUT2D eigenvalue weighted by molar-refractivity contribution is -0.0290. The lowest BCUT2D eigenvalue weighted by Gasteiger charge is -2.34. The molecule has 0 spiro atoms. The summed E-state index contributed by atoms with van der Waals surface area (Å²) in [5.74, 6) is 0.664. The fourth-order valence-corrected chi connectivity index (χ4v) is 4.09. The van der Waals surface area contributed by atoms with Gasteiger partial charge in [0, 0.05) is 38.8 Å². The van der Waals surface area contributed by atoms with Gasteiger partial charge in [-0.25, -0.2) is 4.79 Å². The van der Waals surface area contributed by atoms with Crippen LogP contribution < -0.4 is 10.6 Å². The van der Waals surface area contributed by atoms with Crippen molar-refractivity contribution in [1.29, 1.82) is 0 Å². The number of ether oxygens (including phenoxy) is 1. The molecule has 0 bridgehead atoms. The van der Waals surface area contributed by atoms with Crippen molar-refractivity contribution < 1.29 is 9.53 Å². The summed E-state index contributed by atoms with van der Waals surface area (Å²) in [4.78, 5) is 16.9. The SMILES string of the molecule is CC(C)CN1CCO[C@H](CNC(=O)NCCCN(C)C2CCCCC2)C1. The summed E-state index contributed by atoms with van der Waals surface area (Å²) < 4.78 is 5.77. The Labute approximate surface area is 160 Å². The molecule has 2 rings (SSSR count). The number of hydrogen-bond donors (Lipinski definition) is 2. The maximum Gasteiger partial charge on any atom is 0.314 e. The molecule has 0 radical (unpaired) electrons. The average molecular weight is 369 g/mol. The Morgan fingerprint density at radius 1 is 1.23 bits per heavy atom. The molecule has 1 saturated heterocycles. The van der Waals surface area contributed by atoms with Gasteiger partial charge in [-0.2, -0.15) is 0 Å². The van der Waals surface area contributed by atoms with Crippen LogP contribution in [0.15, 0.2) is 0 Å². The molecule has 2 amide bonds. The number of hydrogen-bond acceptors (Lipinski definition) is 4. The first-order valence-electron chi connectivity index (χ1n) is 10.6. The van der Waals surface area contributed by atoms with Gasteiger partial charge in [0.25, 0.3) is 0 Å². The fraction of sp³-hybridized carbons (Fsp3) is 0.950. The average Bonchev–Trinajstić information content (AvgIpc) is 2.64. The monoisotopic (exact) mass is 368 g/mol. The van der Waals surface area contributed by atoms with Crippen molar-refractivity contribution in [2.24, 2.45) is 5.92 Å². The summed E-state index contributed by atoms with van der Waals surface area (Å²) >= 11 is 0. The number of amides is 2. The third kappa shape index (κ3) is 8.23. The van der Waals surface area contributed by atoms with Gasteiger partial charge in [0.2, 0.25) is 0 Å². The maximum absolute atomic E-state index is 12.0. The van der Waals surface area contributed by atoms with Crippen LogP contribution in [0, 0.1) is 5.92 Å². The van der Waals surface area contributed by atoms with Crippen molar-refractivity contribution in [1.82, 2.24) is 20.4 Å². The van der Waals surface area contributed by atoms with Crippen molar-refractivity contribution in [2.75, 3.05) is 52.9 Å². The van der Waals surface area contributed by atoms with Gasteiger partial charge in [-0.15, -0.1) is 0 Å². The first kappa shape index (κ1) is 21.5. The van der Waals surface area contributed by atoms with Crippen LogP contribution >= 0.6 is 0 Å². The lowest BCUT2D eigenvalue weighted by Crippen LogP contribution is -2.49. The van der Waals surface area contributed by atoms with Crippen molar-refractivity contribution in [3.05, 3.63) is 0 Å². The van der Waals surface area contributed by atoms with Gasteiger partial charge in [0.1, 0.15) is 0 Å². The molecule has 2 fully saturated rings. The lowest BCUT2D eigenvalue weighted by atomic mass is 9.94. The molecule has 1 atom stereocenters. The topological polar surface area (TPSA) is 56.8 Å². The van der Waals surface area contributed by atoms with Gasteiger partial charge < -0.3 is 20.3 Å². The Bertz CT molecular complexity index is 399. The Balaban J connectivity index is 1.52. The predicted octanol–water partition coefficient (Wildman–Crippen LogP) is 2.30. The molecule has 1 heterocycles. The van der Waals surface area contributed by atoms with E-state index in [0.717, 1.165) is 51.8 Å². The van der Waals surface area contributed by atoms with E-state index in [-0.39, 0.29) is 12.1 Å². The Hall–Kier alpha value is -0.850. The summed E-state index contributed by atoms with van der Waals surface area (Å²) in [6.45, 7) is 10.6. The molecule has 0 aromatic heterocycles. The summed E-state index contributed by atoms with van der Waals surface area (Å²) in [6.07, 6.45) is 7.90. The minimum absolute atomic E-state index is 0.0742. The van der Waals surface area contributed by atoms with Crippen molar-refractivity contribution in [3.63, 3.8) is 0 Å². The second-order valence-corrected chi connectivity index (χ2v) is 8.41. The predicted molar refractivity (Wildman–Crippen MR) is 107 cm³/mol. The van der Waals surface area contributed by atoms with E-state index in [1.54, 1.807) is 0 Å². The number of nitrogens with one attached hydrogen (secondary N) is 2. The first-order valence-corrected chi connectivity index (χ1v) is 10.6. The molecule has 6 heteroatoms. The standard InChI is InChI=1S/C20H40N4O2/c1-17(2)15-24-12-13-26-19(16-24)14-22-20(25)21-10-7-11-23(3)18-8-5-4-6-9-18/h17-19H,4-16H2,1-3H3,(H2,21,22,25)/t19-/m1/s1. The third-order valence-corrected chi connectivity index (χ3v) is 5.51. The van der Waals surface area contributed by atoms with Crippen LogP contribution in [0.5, 0.6) is 0 Å². The highest BCUT2D eigenvalue weighted by atomic mass is 16.5. The third-order valence-electron chi connectivity index (χ3n) is 5.51. The molecule has 2 aliphatic rings. The molecule has 0 unspecified atom stereocenters. The first-order chi connectivity index (χ1) is 12.5. The zero-order valence-electron chi connectivity index (χ0n) is 17.1. The minimum atomic E-state index is -0.0742. The normalized spacial score (nSPS) is 22.7. The molecule has 152 valence electrons. The highest BCUT2D eigenvalue weighted by molar-refractivity contribution is 5.73. The van der Waals surface area contributed by atoms with Crippen LogP contribution in [0.1, 0.15) is 52.4 Å². The Morgan fingerprint density at radius 2 is 2.00 bits per heavy atom. The molecule has 2 N–H and O–H groups in total. The highest BCUT2D eigenvalue weighted by Crippen LogP contribution is 2.21. The van der Waals surface area contributed by atoms with E-state index in [1.165, 1.54) is 32.1 Å². The Morgan fingerprint density at radius 3 is 2.73 bits per heavy atom. The molecular formula is C20H40N4O2. The van der Waals surface area contributed by atoms with E-state index in [9.17, 15) is 4.79 Å². The number of morpholine rings is 1. The molecular weight excluding hydrogens is 328 g/mol. The summed E-state index contributed by atoms with van der Waals surface area (Å²) in [5.41, 5.74) is 0. The molecule has 0 aromatic rings. The van der Waals surface area contributed by atoms with Crippen LogP contribution in [-0.2, 0) is 4.74 Å². The van der Waals surface area contributed by atoms with E-state index >= 15 is 0 Å². The molecule has 1 aliphatic carbocycles. The van der Waals surface area contributed by atoms with E-state index in [2.05, 4.69) is 41.3 Å². The summed E-state index contributed by atoms with van der Waals surface area (Å²) in [6, 6.07) is 0.671. The Kier molecular flexibility index (Phi) is 9.72. The van der Waals surface area contributed by atoms with Gasteiger partial charge in [-0.05, 0) is 38.8 Å². The van der Waals surface area contributed by atoms with Crippen molar-refractivity contribution >= 4 is 6.03 Å². The van der Waals surface area contributed by atoms with E-state index in [4.69, 9.17) is 4.74 Å². The fourth-order valence-electron chi connectivity index (χ4n) is 4.09. The van der Waals surface area contributed by atoms with Gasteiger partial charge in [-0.3, -0.25) is 4.90 Å². The quantitative estimate of drug-likeness (QED) is 0.613. The summed E-state index contributed by atoms with van der Waals surface area (Å²) in [7, 11) is 2.22. The second kappa shape index (κ2) is 11.8. The molecule has 26 heavy (non-hydrogen) atoms. The summed E-state index contributed by atoms with van der Waals surface area (Å²) in [5, 5.41) is 5.94.